The number of carbonyl (C=O) groups excluding carboxylic acids is 2. The number of rotatable bonds is 2. The minimum atomic E-state index is -0.480. The van der Waals surface area contributed by atoms with Gasteiger partial charge in [0.1, 0.15) is 6.04 Å². The van der Waals surface area contributed by atoms with Gasteiger partial charge in [0.2, 0.25) is 11.8 Å². The van der Waals surface area contributed by atoms with Gasteiger partial charge in [-0.05, 0) is 12.5 Å². The van der Waals surface area contributed by atoms with Crippen LogP contribution in [0.2, 0.25) is 0 Å². The van der Waals surface area contributed by atoms with E-state index >= 15 is 0 Å². The van der Waals surface area contributed by atoms with E-state index in [0.29, 0.717) is 19.5 Å². The molecule has 0 aromatic heterocycles. The molecule has 1 N–H and O–H groups in total. The van der Waals surface area contributed by atoms with Crippen molar-refractivity contribution in [1.29, 1.82) is 0 Å². The number of benzene rings is 1. The van der Waals surface area contributed by atoms with E-state index in [1.165, 1.54) is 0 Å². The molecule has 0 bridgehead atoms. The third-order valence-electron chi connectivity index (χ3n) is 3.23. The molecule has 4 nitrogen and oxygen atoms in total. The van der Waals surface area contributed by atoms with Gasteiger partial charge >= 0.3 is 0 Å². The van der Waals surface area contributed by atoms with Gasteiger partial charge in [-0.2, -0.15) is 0 Å². The first-order chi connectivity index (χ1) is 8.63. The van der Waals surface area contributed by atoms with E-state index in [2.05, 4.69) is 5.32 Å². The monoisotopic (exact) mass is 246 g/mol. The van der Waals surface area contributed by atoms with Crippen molar-refractivity contribution in [3.63, 3.8) is 0 Å². The summed E-state index contributed by atoms with van der Waals surface area (Å²) in [6.45, 7) is 4.94. The molecule has 0 saturated carbocycles. The second-order valence-corrected chi connectivity index (χ2v) is 4.54. The Kier molecular flexibility index (Phi) is 3.65. The normalized spacial score (nSPS) is 19.6. The molecule has 2 amide bonds. The van der Waals surface area contributed by atoms with E-state index in [9.17, 15) is 9.59 Å². The smallest absolute Gasteiger partial charge is 0.247 e. The molecule has 18 heavy (non-hydrogen) atoms. The van der Waals surface area contributed by atoms with Crippen LogP contribution in [0.15, 0.2) is 24.3 Å². The molecule has 1 fully saturated rings. The Balaban J connectivity index is 2.32. The van der Waals surface area contributed by atoms with Crippen LogP contribution in [0, 0.1) is 6.92 Å². The van der Waals surface area contributed by atoms with Crippen LogP contribution in [-0.4, -0.2) is 29.8 Å². The predicted molar refractivity (Wildman–Crippen MR) is 68.9 cm³/mol. The lowest BCUT2D eigenvalue weighted by molar-refractivity contribution is -0.143. The van der Waals surface area contributed by atoms with Crippen molar-refractivity contribution in [1.82, 2.24) is 10.2 Å². The maximum atomic E-state index is 12.0. The summed E-state index contributed by atoms with van der Waals surface area (Å²) in [4.78, 5) is 25.6. The maximum Gasteiger partial charge on any atom is 0.247 e. The molecular formula is C14H18N2O2. The van der Waals surface area contributed by atoms with Gasteiger partial charge in [0, 0.05) is 19.5 Å². The highest BCUT2D eigenvalue weighted by Gasteiger charge is 2.33. The van der Waals surface area contributed by atoms with Crippen molar-refractivity contribution >= 4 is 11.8 Å². The highest BCUT2D eigenvalue weighted by Crippen LogP contribution is 2.24. The Morgan fingerprint density at radius 3 is 2.67 bits per heavy atom. The Morgan fingerprint density at radius 1 is 1.39 bits per heavy atom. The van der Waals surface area contributed by atoms with Gasteiger partial charge in [0.05, 0.1) is 0 Å². The Bertz CT molecular complexity index is 453. The lowest BCUT2D eigenvalue weighted by Gasteiger charge is -2.35. The van der Waals surface area contributed by atoms with Gasteiger partial charge < -0.3 is 10.2 Å². The molecule has 1 aromatic carbocycles. The van der Waals surface area contributed by atoms with Gasteiger partial charge in [0.25, 0.3) is 0 Å². The SMILES string of the molecule is CCC(=O)N1CCNC(=O)C1c1ccc(C)cc1. The van der Waals surface area contributed by atoms with E-state index in [1.54, 1.807) is 4.90 Å². The second-order valence-electron chi connectivity index (χ2n) is 4.54. The number of hydrogen-bond donors (Lipinski definition) is 1. The van der Waals surface area contributed by atoms with Gasteiger partial charge in [-0.15, -0.1) is 0 Å². The lowest BCUT2D eigenvalue weighted by Crippen LogP contribution is -2.52. The number of aryl methyl sites for hydroxylation is 1. The molecule has 1 unspecified atom stereocenters. The van der Waals surface area contributed by atoms with Crippen molar-refractivity contribution in [3.8, 4) is 0 Å². The minimum absolute atomic E-state index is 0.0235. The van der Waals surface area contributed by atoms with Crippen LogP contribution >= 0.6 is 0 Å². The molecule has 1 saturated heterocycles. The number of nitrogens with zero attached hydrogens (tertiary/aromatic N) is 1. The third-order valence-corrected chi connectivity index (χ3v) is 3.23. The summed E-state index contributed by atoms with van der Waals surface area (Å²) >= 11 is 0. The zero-order valence-electron chi connectivity index (χ0n) is 10.8. The Labute approximate surface area is 107 Å². The molecule has 0 radical (unpaired) electrons. The number of nitrogens with one attached hydrogen (secondary N) is 1. The van der Waals surface area contributed by atoms with Crippen molar-refractivity contribution in [2.75, 3.05) is 13.1 Å². The first-order valence-electron chi connectivity index (χ1n) is 6.27. The van der Waals surface area contributed by atoms with Crippen molar-refractivity contribution < 1.29 is 9.59 Å². The van der Waals surface area contributed by atoms with E-state index in [4.69, 9.17) is 0 Å². The molecule has 1 heterocycles. The fraction of sp³-hybridized carbons (Fsp3) is 0.429. The third kappa shape index (κ3) is 2.37. The van der Waals surface area contributed by atoms with E-state index in [-0.39, 0.29) is 11.8 Å². The fourth-order valence-corrected chi connectivity index (χ4v) is 2.22. The van der Waals surface area contributed by atoms with Gasteiger partial charge in [-0.25, -0.2) is 0 Å². The Morgan fingerprint density at radius 2 is 2.06 bits per heavy atom. The maximum absolute atomic E-state index is 12.0. The van der Waals surface area contributed by atoms with Crippen LogP contribution < -0.4 is 5.32 Å². The summed E-state index contributed by atoms with van der Waals surface area (Å²) in [5, 5.41) is 2.82. The van der Waals surface area contributed by atoms with Crippen LogP contribution in [0.5, 0.6) is 0 Å². The second kappa shape index (κ2) is 5.21. The average Bonchev–Trinajstić information content (AvgIpc) is 2.39. The van der Waals surface area contributed by atoms with Crippen molar-refractivity contribution in [2.24, 2.45) is 0 Å². The van der Waals surface area contributed by atoms with Crippen molar-refractivity contribution in [2.45, 2.75) is 26.3 Å². The first-order valence-corrected chi connectivity index (χ1v) is 6.27. The summed E-state index contributed by atoms with van der Waals surface area (Å²) in [6, 6.07) is 7.28. The number of amides is 2. The molecule has 4 heteroatoms. The first kappa shape index (κ1) is 12.6. The molecule has 0 spiro atoms. The Hall–Kier alpha value is -1.84. The van der Waals surface area contributed by atoms with Crippen LogP contribution in [-0.2, 0) is 9.59 Å². The van der Waals surface area contributed by atoms with E-state index < -0.39 is 6.04 Å². The number of carbonyl (C=O) groups is 2. The van der Waals surface area contributed by atoms with Crippen LogP contribution in [0.25, 0.3) is 0 Å². The molecule has 0 aliphatic carbocycles. The summed E-state index contributed by atoms with van der Waals surface area (Å²) in [5.41, 5.74) is 2.02. The summed E-state index contributed by atoms with van der Waals surface area (Å²) in [7, 11) is 0. The van der Waals surface area contributed by atoms with Crippen LogP contribution in [0.1, 0.15) is 30.5 Å². The van der Waals surface area contributed by atoms with Gasteiger partial charge in [0.15, 0.2) is 0 Å². The van der Waals surface area contributed by atoms with Crippen molar-refractivity contribution in [3.05, 3.63) is 35.4 Å². The summed E-state index contributed by atoms with van der Waals surface area (Å²) in [6.07, 6.45) is 0.426. The molecule has 96 valence electrons. The minimum Gasteiger partial charge on any atom is -0.352 e. The standard InChI is InChI=1S/C14H18N2O2/c1-3-12(17)16-9-8-15-14(18)13(16)11-6-4-10(2)5-7-11/h4-7,13H,3,8-9H2,1-2H3,(H,15,18). The van der Waals surface area contributed by atoms with Crippen LogP contribution in [0.3, 0.4) is 0 Å². The van der Waals surface area contributed by atoms with Gasteiger partial charge in [-0.1, -0.05) is 36.8 Å². The quantitative estimate of drug-likeness (QED) is 0.857. The van der Waals surface area contributed by atoms with E-state index in [0.717, 1.165) is 11.1 Å². The zero-order valence-corrected chi connectivity index (χ0v) is 10.8. The summed E-state index contributed by atoms with van der Waals surface area (Å²) in [5.74, 6) is -0.0673. The topological polar surface area (TPSA) is 49.4 Å². The predicted octanol–water partition coefficient (Wildman–Crippen LogP) is 1.40. The van der Waals surface area contributed by atoms with E-state index in [1.807, 2.05) is 38.1 Å². The average molecular weight is 246 g/mol. The number of hydrogen-bond acceptors (Lipinski definition) is 2. The lowest BCUT2D eigenvalue weighted by atomic mass is 10.0. The zero-order chi connectivity index (χ0) is 13.1. The molecule has 2 rings (SSSR count). The molecule has 1 aliphatic heterocycles. The molecule has 1 aromatic rings. The highest BCUT2D eigenvalue weighted by molar-refractivity contribution is 5.89. The molecule has 1 aliphatic rings. The number of piperazine rings is 1. The van der Waals surface area contributed by atoms with Crippen LogP contribution in [0.4, 0.5) is 0 Å². The molecule has 1 atom stereocenters. The fourth-order valence-electron chi connectivity index (χ4n) is 2.22. The summed E-state index contributed by atoms with van der Waals surface area (Å²) < 4.78 is 0. The van der Waals surface area contributed by atoms with Gasteiger partial charge in [-0.3, -0.25) is 9.59 Å². The highest BCUT2D eigenvalue weighted by atomic mass is 16.2. The molecular weight excluding hydrogens is 228 g/mol. The largest absolute Gasteiger partial charge is 0.352 e.